The molecule has 1 aliphatic rings. The zero-order valence-corrected chi connectivity index (χ0v) is 13.4. The third kappa shape index (κ3) is 4.37. The molecule has 0 amide bonds. The van der Waals surface area contributed by atoms with Crippen LogP contribution in [0.5, 0.6) is 0 Å². The topological polar surface area (TPSA) is 110 Å². The van der Waals surface area contributed by atoms with Crippen LogP contribution in [0.1, 0.15) is 11.1 Å². The van der Waals surface area contributed by atoms with Gasteiger partial charge in [0.05, 0.1) is 16.0 Å². The largest absolute Gasteiger partial charge is 0.300 e. The SMILES string of the molecule is O=[N+]([O-])c1ccc(C[C@H]2CN[C@H](Cc3ccc([N+](=O)[O-])cc3)N2)cc1. The molecule has 2 aromatic carbocycles. The average molecular weight is 342 g/mol. The van der Waals surface area contributed by atoms with Crippen LogP contribution in [0.3, 0.4) is 0 Å². The molecule has 2 atom stereocenters. The first kappa shape index (κ1) is 17.0. The molecule has 1 aliphatic heterocycles. The van der Waals surface area contributed by atoms with Crippen LogP contribution in [0.2, 0.25) is 0 Å². The number of rotatable bonds is 6. The summed E-state index contributed by atoms with van der Waals surface area (Å²) in [5.74, 6) is 0. The van der Waals surface area contributed by atoms with Crippen LogP contribution in [-0.2, 0) is 12.8 Å². The highest BCUT2D eigenvalue weighted by molar-refractivity contribution is 5.34. The second kappa shape index (κ2) is 7.37. The van der Waals surface area contributed by atoms with Crippen LogP contribution in [0, 0.1) is 20.2 Å². The molecule has 0 aromatic heterocycles. The molecule has 0 aliphatic carbocycles. The predicted molar refractivity (Wildman–Crippen MR) is 92.3 cm³/mol. The molecule has 1 saturated heterocycles. The second-order valence-electron chi connectivity index (χ2n) is 6.08. The van der Waals surface area contributed by atoms with Crippen LogP contribution < -0.4 is 10.6 Å². The smallest absolute Gasteiger partial charge is 0.269 e. The van der Waals surface area contributed by atoms with Crippen molar-refractivity contribution in [2.24, 2.45) is 0 Å². The van der Waals surface area contributed by atoms with Crippen molar-refractivity contribution in [1.29, 1.82) is 0 Å². The standard InChI is InChI=1S/C17H18N4O4/c22-20(23)15-5-1-12(2-6-15)9-14-11-18-17(19-14)10-13-3-7-16(8-4-13)21(24)25/h1-8,14,17-19H,9-11H2/t14-,17-/m0/s1. The molecule has 0 saturated carbocycles. The number of nitro benzene ring substituents is 2. The maximum atomic E-state index is 10.7. The van der Waals surface area contributed by atoms with Gasteiger partial charge in [-0.05, 0) is 17.5 Å². The van der Waals surface area contributed by atoms with Crippen molar-refractivity contribution >= 4 is 11.4 Å². The Hall–Kier alpha value is -2.84. The monoisotopic (exact) mass is 342 g/mol. The van der Waals surface area contributed by atoms with Crippen molar-refractivity contribution < 1.29 is 9.85 Å². The van der Waals surface area contributed by atoms with Gasteiger partial charge in [-0.15, -0.1) is 0 Å². The minimum Gasteiger partial charge on any atom is -0.300 e. The van der Waals surface area contributed by atoms with Crippen LogP contribution in [0.4, 0.5) is 11.4 Å². The highest BCUT2D eigenvalue weighted by Gasteiger charge is 2.23. The van der Waals surface area contributed by atoms with Crippen LogP contribution in [0.15, 0.2) is 48.5 Å². The van der Waals surface area contributed by atoms with Gasteiger partial charge in [0.25, 0.3) is 11.4 Å². The molecule has 25 heavy (non-hydrogen) atoms. The van der Waals surface area contributed by atoms with Crippen LogP contribution in [0.25, 0.3) is 0 Å². The molecule has 0 spiro atoms. The Morgan fingerprint density at radius 2 is 1.32 bits per heavy atom. The molecule has 1 fully saturated rings. The third-order valence-corrected chi connectivity index (χ3v) is 4.26. The summed E-state index contributed by atoms with van der Waals surface area (Å²) in [6.45, 7) is 0.800. The van der Waals surface area contributed by atoms with Crippen molar-refractivity contribution in [3.8, 4) is 0 Å². The average Bonchev–Trinajstić information content (AvgIpc) is 3.02. The van der Waals surface area contributed by atoms with E-state index in [-0.39, 0.29) is 23.6 Å². The molecule has 0 bridgehead atoms. The summed E-state index contributed by atoms with van der Waals surface area (Å²) < 4.78 is 0. The van der Waals surface area contributed by atoms with E-state index in [2.05, 4.69) is 10.6 Å². The van der Waals surface area contributed by atoms with Gasteiger partial charge < -0.3 is 5.32 Å². The molecule has 8 nitrogen and oxygen atoms in total. The Morgan fingerprint density at radius 3 is 1.80 bits per heavy atom. The second-order valence-corrected chi connectivity index (χ2v) is 6.08. The third-order valence-electron chi connectivity index (χ3n) is 4.26. The summed E-state index contributed by atoms with van der Waals surface area (Å²) >= 11 is 0. The van der Waals surface area contributed by atoms with Gasteiger partial charge in [-0.25, -0.2) is 0 Å². The minimum atomic E-state index is -0.407. The van der Waals surface area contributed by atoms with Gasteiger partial charge in [0.15, 0.2) is 0 Å². The first-order valence-electron chi connectivity index (χ1n) is 7.97. The van der Waals surface area contributed by atoms with Crippen molar-refractivity contribution in [1.82, 2.24) is 10.6 Å². The Morgan fingerprint density at radius 1 is 0.840 bits per heavy atom. The van der Waals surface area contributed by atoms with Crippen molar-refractivity contribution in [3.05, 3.63) is 79.9 Å². The summed E-state index contributed by atoms with van der Waals surface area (Å²) in [6, 6.07) is 13.4. The zero-order valence-electron chi connectivity index (χ0n) is 13.4. The highest BCUT2D eigenvalue weighted by Crippen LogP contribution is 2.16. The Kier molecular flexibility index (Phi) is 5.01. The zero-order chi connectivity index (χ0) is 17.8. The maximum Gasteiger partial charge on any atom is 0.269 e. The fraction of sp³-hybridized carbons (Fsp3) is 0.294. The van der Waals surface area contributed by atoms with Crippen molar-refractivity contribution in [2.75, 3.05) is 6.54 Å². The lowest BCUT2D eigenvalue weighted by Gasteiger charge is -2.13. The van der Waals surface area contributed by atoms with Gasteiger partial charge in [0, 0.05) is 43.3 Å². The summed E-state index contributed by atoms with van der Waals surface area (Å²) in [5, 5.41) is 28.2. The lowest BCUT2D eigenvalue weighted by Crippen LogP contribution is -2.36. The van der Waals surface area contributed by atoms with Gasteiger partial charge in [0.1, 0.15) is 0 Å². The Bertz CT molecular complexity index is 696. The van der Waals surface area contributed by atoms with Crippen LogP contribution >= 0.6 is 0 Å². The lowest BCUT2D eigenvalue weighted by molar-refractivity contribution is -0.385. The summed E-state index contributed by atoms with van der Waals surface area (Å²) in [5.41, 5.74) is 2.25. The first-order chi connectivity index (χ1) is 12.0. The van der Waals surface area contributed by atoms with Gasteiger partial charge >= 0.3 is 0 Å². The van der Waals surface area contributed by atoms with E-state index < -0.39 is 9.85 Å². The van der Waals surface area contributed by atoms with E-state index in [1.54, 1.807) is 24.3 Å². The van der Waals surface area contributed by atoms with Gasteiger partial charge in [0.2, 0.25) is 0 Å². The molecule has 0 unspecified atom stereocenters. The highest BCUT2D eigenvalue weighted by atomic mass is 16.6. The van der Waals surface area contributed by atoms with E-state index in [0.717, 1.165) is 30.5 Å². The molecular formula is C17H18N4O4. The number of non-ortho nitro benzene ring substituents is 2. The van der Waals surface area contributed by atoms with E-state index >= 15 is 0 Å². The molecule has 0 radical (unpaired) electrons. The molecule has 130 valence electrons. The first-order valence-corrected chi connectivity index (χ1v) is 7.97. The number of hydrogen-bond donors (Lipinski definition) is 2. The van der Waals surface area contributed by atoms with Gasteiger partial charge in [-0.3, -0.25) is 25.5 Å². The quantitative estimate of drug-likeness (QED) is 0.615. The maximum absolute atomic E-state index is 10.7. The van der Waals surface area contributed by atoms with E-state index in [0.29, 0.717) is 0 Å². The Balaban J connectivity index is 1.53. The predicted octanol–water partition coefficient (Wildman–Crippen LogP) is 2.18. The lowest BCUT2D eigenvalue weighted by atomic mass is 10.1. The van der Waals surface area contributed by atoms with E-state index in [4.69, 9.17) is 0 Å². The molecule has 2 aromatic rings. The Labute approximate surface area is 144 Å². The van der Waals surface area contributed by atoms with E-state index in [1.807, 2.05) is 0 Å². The molecule has 1 heterocycles. The van der Waals surface area contributed by atoms with E-state index in [1.165, 1.54) is 24.3 Å². The minimum absolute atomic E-state index is 0.0899. The molecule has 8 heteroatoms. The fourth-order valence-electron chi connectivity index (χ4n) is 2.98. The molecule has 2 N–H and O–H groups in total. The van der Waals surface area contributed by atoms with Crippen LogP contribution in [-0.4, -0.2) is 28.6 Å². The fourth-order valence-corrected chi connectivity index (χ4v) is 2.98. The number of benzene rings is 2. The number of hydrogen-bond acceptors (Lipinski definition) is 6. The molecular weight excluding hydrogens is 324 g/mol. The van der Waals surface area contributed by atoms with E-state index in [9.17, 15) is 20.2 Å². The summed E-state index contributed by atoms with van der Waals surface area (Å²) in [7, 11) is 0. The van der Waals surface area contributed by atoms with Crippen molar-refractivity contribution in [3.63, 3.8) is 0 Å². The normalized spacial score (nSPS) is 19.7. The number of nitrogens with zero attached hydrogens (tertiary/aromatic N) is 2. The van der Waals surface area contributed by atoms with Crippen molar-refractivity contribution in [2.45, 2.75) is 25.0 Å². The molecule has 3 rings (SSSR count). The summed E-state index contributed by atoms with van der Waals surface area (Å²) in [6.07, 6.45) is 1.61. The number of nitro groups is 2. The van der Waals surface area contributed by atoms with Gasteiger partial charge in [-0.2, -0.15) is 0 Å². The van der Waals surface area contributed by atoms with Gasteiger partial charge in [-0.1, -0.05) is 24.3 Å². The number of nitrogens with one attached hydrogen (secondary N) is 2. The summed E-state index contributed by atoms with van der Waals surface area (Å²) in [4.78, 5) is 20.5.